The van der Waals surface area contributed by atoms with E-state index in [9.17, 15) is 4.79 Å². The van der Waals surface area contributed by atoms with E-state index in [2.05, 4.69) is 67.5 Å². The van der Waals surface area contributed by atoms with Crippen molar-refractivity contribution in [2.45, 2.75) is 72.8 Å². The van der Waals surface area contributed by atoms with Gasteiger partial charge < -0.3 is 14.9 Å². The van der Waals surface area contributed by atoms with Crippen molar-refractivity contribution in [3.63, 3.8) is 0 Å². The van der Waals surface area contributed by atoms with E-state index in [0.717, 1.165) is 74.9 Å². The highest BCUT2D eigenvalue weighted by atomic mass is 16.1. The Labute approximate surface area is 238 Å². The monoisotopic (exact) mass is 541 g/mol. The van der Waals surface area contributed by atoms with E-state index in [1.54, 1.807) is 6.20 Å². The fourth-order valence-electron chi connectivity index (χ4n) is 4.98. The number of aromatic amines is 1. The lowest BCUT2D eigenvalue weighted by Gasteiger charge is -2.22. The Morgan fingerprint density at radius 1 is 0.800 bits per heavy atom. The second-order valence-corrected chi connectivity index (χ2v) is 10.3. The number of aromatic nitrogens is 4. The molecule has 0 aliphatic rings. The molecule has 0 atom stereocenters. The average Bonchev–Trinajstić information content (AvgIpc) is 3.63. The highest BCUT2D eigenvalue weighted by molar-refractivity contribution is 6.04. The zero-order valence-electron chi connectivity index (χ0n) is 24.1. The first kappa shape index (κ1) is 29.2. The molecule has 2 heterocycles. The number of carbonyl (C=O) groups excluding carboxylic acids is 1. The van der Waals surface area contributed by atoms with Gasteiger partial charge in [0, 0.05) is 55.7 Å². The van der Waals surface area contributed by atoms with Gasteiger partial charge in [-0.3, -0.25) is 14.6 Å². The van der Waals surface area contributed by atoms with Crippen molar-refractivity contribution in [2.24, 2.45) is 0 Å². The molecule has 4 aromatic rings. The highest BCUT2D eigenvalue weighted by Crippen LogP contribution is 2.16. The fourth-order valence-corrected chi connectivity index (χ4v) is 4.98. The molecule has 8 heteroatoms. The molecule has 2 N–H and O–H groups in total. The molecular formula is C32H43N7O. The summed E-state index contributed by atoms with van der Waals surface area (Å²) in [4.78, 5) is 30.0. The van der Waals surface area contributed by atoms with Gasteiger partial charge in [-0.2, -0.15) is 0 Å². The van der Waals surface area contributed by atoms with Gasteiger partial charge in [0.25, 0.3) is 5.91 Å². The zero-order valence-corrected chi connectivity index (χ0v) is 24.1. The summed E-state index contributed by atoms with van der Waals surface area (Å²) in [6, 6.07) is 16.1. The number of nitrogens with one attached hydrogen (secondary N) is 2. The van der Waals surface area contributed by atoms with E-state index >= 15 is 0 Å². The number of aryl methyl sites for hydroxylation is 1. The molecule has 1 amide bonds. The predicted molar refractivity (Wildman–Crippen MR) is 161 cm³/mol. The fraction of sp³-hybridized carbons (Fsp3) is 0.406. The van der Waals surface area contributed by atoms with Gasteiger partial charge in [0.2, 0.25) is 0 Å². The molecule has 0 aliphatic carbocycles. The lowest BCUT2D eigenvalue weighted by molar-refractivity contribution is 0.102. The molecule has 0 radical (unpaired) electrons. The van der Waals surface area contributed by atoms with Gasteiger partial charge in [-0.15, -0.1) is 0 Å². The lowest BCUT2D eigenvalue weighted by atomic mass is 10.1. The summed E-state index contributed by atoms with van der Waals surface area (Å²) in [7, 11) is 0. The van der Waals surface area contributed by atoms with Crippen LogP contribution < -0.4 is 5.32 Å². The summed E-state index contributed by atoms with van der Waals surface area (Å²) >= 11 is 0. The van der Waals surface area contributed by atoms with Crippen molar-refractivity contribution < 1.29 is 4.79 Å². The number of anilines is 1. The normalized spacial score (nSPS) is 11.4. The summed E-state index contributed by atoms with van der Waals surface area (Å²) in [5, 5.41) is 3.04. The summed E-state index contributed by atoms with van der Waals surface area (Å²) in [6.07, 6.45) is 10.9. The summed E-state index contributed by atoms with van der Waals surface area (Å²) in [6.45, 7) is 12.8. The number of benzene rings is 2. The van der Waals surface area contributed by atoms with Crippen molar-refractivity contribution in [2.75, 3.05) is 18.4 Å². The van der Waals surface area contributed by atoms with E-state index in [-0.39, 0.29) is 5.91 Å². The maximum atomic E-state index is 12.9. The first-order valence-corrected chi connectivity index (χ1v) is 14.5. The minimum absolute atomic E-state index is 0.105. The second-order valence-electron chi connectivity index (χ2n) is 10.3. The Kier molecular flexibility index (Phi) is 11.1. The van der Waals surface area contributed by atoms with Crippen molar-refractivity contribution in [1.82, 2.24) is 29.3 Å². The number of hydrogen-bond donors (Lipinski definition) is 2. The quantitative estimate of drug-likeness (QED) is 0.179. The van der Waals surface area contributed by atoms with Crippen LogP contribution in [0.1, 0.15) is 73.2 Å². The Hall–Kier alpha value is -3.75. The highest BCUT2D eigenvalue weighted by Gasteiger charge is 2.14. The number of rotatable bonds is 16. The molecule has 0 saturated carbocycles. The summed E-state index contributed by atoms with van der Waals surface area (Å²) in [5.74, 6) is 1.85. The molecule has 2 aromatic heterocycles. The third-order valence-corrected chi connectivity index (χ3v) is 6.88. The van der Waals surface area contributed by atoms with E-state index in [0.29, 0.717) is 18.7 Å². The van der Waals surface area contributed by atoms with Gasteiger partial charge in [-0.05, 0) is 67.7 Å². The summed E-state index contributed by atoms with van der Waals surface area (Å²) in [5.41, 5.74) is 3.84. The van der Waals surface area contributed by atoms with Crippen LogP contribution in [0, 0.1) is 0 Å². The van der Waals surface area contributed by atoms with Crippen LogP contribution in [0.25, 0.3) is 0 Å². The van der Waals surface area contributed by atoms with Crippen LogP contribution in [0.2, 0.25) is 0 Å². The van der Waals surface area contributed by atoms with Gasteiger partial charge in [-0.1, -0.05) is 45.0 Å². The van der Waals surface area contributed by atoms with Gasteiger partial charge in [0.05, 0.1) is 13.1 Å². The first-order valence-electron chi connectivity index (χ1n) is 14.5. The smallest absolute Gasteiger partial charge is 0.255 e. The number of H-pyrrole nitrogens is 1. The van der Waals surface area contributed by atoms with Crippen LogP contribution in [0.5, 0.6) is 0 Å². The van der Waals surface area contributed by atoms with Crippen LogP contribution >= 0.6 is 0 Å². The van der Waals surface area contributed by atoms with Gasteiger partial charge in [-0.25, -0.2) is 9.97 Å². The molecule has 0 saturated heterocycles. The molecule has 40 heavy (non-hydrogen) atoms. The van der Waals surface area contributed by atoms with Crippen LogP contribution in [-0.4, -0.2) is 48.3 Å². The largest absolute Gasteiger partial charge is 0.348 e. The topological polar surface area (TPSA) is 82.1 Å². The molecule has 8 nitrogen and oxygen atoms in total. The van der Waals surface area contributed by atoms with Crippen LogP contribution in [0.3, 0.4) is 0 Å². The van der Waals surface area contributed by atoms with Gasteiger partial charge in [0.1, 0.15) is 11.6 Å². The standard InChI is InChI=1S/C32H43N7O/c1-4-18-37(19-5-2)22-27-9-13-29(14-10-27)36-32(40)28-11-7-26(8-12-28)23-38(24-30-33-15-16-34-30)25-31-35-17-21-39(31)20-6-3/h7-17,21H,4-6,18-20,22-25H2,1-3H3,(H,33,34)(H,36,40). The molecular weight excluding hydrogens is 498 g/mol. The average molecular weight is 542 g/mol. The zero-order chi connectivity index (χ0) is 28.2. The minimum Gasteiger partial charge on any atom is -0.348 e. The Morgan fingerprint density at radius 3 is 2.10 bits per heavy atom. The van der Waals surface area contributed by atoms with Crippen molar-refractivity contribution >= 4 is 11.6 Å². The van der Waals surface area contributed by atoms with Gasteiger partial charge in [0.15, 0.2) is 0 Å². The van der Waals surface area contributed by atoms with Crippen molar-refractivity contribution in [3.8, 4) is 0 Å². The number of amides is 1. The molecule has 0 fully saturated rings. The molecule has 4 rings (SSSR count). The van der Waals surface area contributed by atoms with Crippen molar-refractivity contribution in [3.05, 3.63) is 102 Å². The maximum Gasteiger partial charge on any atom is 0.255 e. The van der Waals surface area contributed by atoms with Gasteiger partial charge >= 0.3 is 0 Å². The SMILES string of the molecule is CCCN(CCC)Cc1ccc(NC(=O)c2ccc(CN(Cc3ncc[nH]3)Cc3nccn3CCC)cc2)cc1. The third kappa shape index (κ3) is 8.63. The van der Waals surface area contributed by atoms with Crippen molar-refractivity contribution in [1.29, 1.82) is 0 Å². The first-order chi connectivity index (χ1) is 19.6. The summed E-state index contributed by atoms with van der Waals surface area (Å²) < 4.78 is 2.21. The third-order valence-electron chi connectivity index (χ3n) is 6.88. The minimum atomic E-state index is -0.105. The lowest BCUT2D eigenvalue weighted by Crippen LogP contribution is -2.25. The van der Waals surface area contributed by atoms with Crippen LogP contribution in [-0.2, 0) is 32.7 Å². The van der Waals surface area contributed by atoms with Crippen LogP contribution in [0.4, 0.5) is 5.69 Å². The molecule has 0 bridgehead atoms. The number of imidazole rings is 2. The molecule has 2 aromatic carbocycles. The maximum absolute atomic E-state index is 12.9. The van der Waals surface area contributed by atoms with E-state index in [1.165, 1.54) is 5.56 Å². The number of nitrogens with zero attached hydrogens (tertiary/aromatic N) is 5. The Morgan fingerprint density at radius 2 is 1.48 bits per heavy atom. The Balaban J connectivity index is 1.36. The molecule has 0 unspecified atom stereocenters. The van der Waals surface area contributed by atoms with E-state index in [4.69, 9.17) is 0 Å². The number of carbonyl (C=O) groups is 1. The molecule has 212 valence electrons. The molecule has 0 spiro atoms. The van der Waals surface area contributed by atoms with E-state index in [1.807, 2.05) is 55.0 Å². The Bertz CT molecular complexity index is 1270. The van der Waals surface area contributed by atoms with Crippen LogP contribution in [0.15, 0.2) is 73.3 Å². The predicted octanol–water partition coefficient (Wildman–Crippen LogP) is 6.09. The second kappa shape index (κ2) is 15.1. The van der Waals surface area contributed by atoms with E-state index < -0.39 is 0 Å². The number of hydrogen-bond acceptors (Lipinski definition) is 5. The molecule has 0 aliphatic heterocycles.